The van der Waals surface area contributed by atoms with Crippen LogP contribution < -0.4 is 11.1 Å². The number of ether oxygens (including phenoxy) is 1. The third-order valence-electron chi connectivity index (χ3n) is 5.31. The van der Waals surface area contributed by atoms with Crippen molar-refractivity contribution in [2.75, 3.05) is 24.6 Å². The molecule has 1 fully saturated rings. The number of nitrogens with one attached hydrogen (secondary N) is 1. The van der Waals surface area contributed by atoms with Crippen LogP contribution in [-0.2, 0) is 9.53 Å². The van der Waals surface area contributed by atoms with E-state index >= 15 is 0 Å². The number of thioether (sulfide) groups is 1. The van der Waals surface area contributed by atoms with Gasteiger partial charge < -0.3 is 15.8 Å². The topological polar surface area (TPSA) is 108 Å². The molecule has 0 radical (unpaired) electrons. The van der Waals surface area contributed by atoms with Gasteiger partial charge in [-0.2, -0.15) is 0 Å². The number of thiophene rings is 1. The van der Waals surface area contributed by atoms with E-state index in [0.717, 1.165) is 34.5 Å². The molecule has 1 saturated heterocycles. The average Bonchev–Trinajstić information content (AvgIpc) is 3.56. The predicted molar refractivity (Wildman–Crippen MR) is 127 cm³/mol. The lowest BCUT2D eigenvalue weighted by Crippen LogP contribution is -2.32. The van der Waals surface area contributed by atoms with Crippen molar-refractivity contribution in [2.45, 2.75) is 24.1 Å². The van der Waals surface area contributed by atoms with Crippen LogP contribution in [0.25, 0.3) is 26.6 Å². The van der Waals surface area contributed by atoms with Crippen LogP contribution in [0.5, 0.6) is 0 Å². The number of halogens is 1. The zero-order valence-electron chi connectivity index (χ0n) is 17.5. The number of pyridine rings is 1. The third-order valence-corrected chi connectivity index (χ3v) is 7.36. The maximum absolute atomic E-state index is 13.6. The molecule has 0 spiro atoms. The van der Waals surface area contributed by atoms with Crippen molar-refractivity contribution in [1.29, 1.82) is 0 Å². The molecule has 8 nitrogen and oxygen atoms in total. The summed E-state index contributed by atoms with van der Waals surface area (Å²) in [5, 5.41) is 13.0. The summed E-state index contributed by atoms with van der Waals surface area (Å²) in [7, 11) is 0. The molecule has 4 aromatic rings. The van der Waals surface area contributed by atoms with Gasteiger partial charge in [0.1, 0.15) is 10.6 Å². The summed E-state index contributed by atoms with van der Waals surface area (Å²) in [6, 6.07) is 9.77. The van der Waals surface area contributed by atoms with Crippen molar-refractivity contribution in [3.05, 3.63) is 48.4 Å². The van der Waals surface area contributed by atoms with Gasteiger partial charge in [0, 0.05) is 30.4 Å². The van der Waals surface area contributed by atoms with Crippen molar-refractivity contribution < 1.29 is 13.9 Å². The minimum atomic E-state index is -0.346. The summed E-state index contributed by atoms with van der Waals surface area (Å²) < 4.78 is 20.9. The first-order chi connectivity index (χ1) is 16.1. The SMILES string of the molecule is Nc1c(-c2nnc(SCC(=O)NC[C@@H]3CCCO3)n2-c2ccc(F)cc2)sc2ncccc12. The minimum Gasteiger partial charge on any atom is -0.397 e. The van der Waals surface area contributed by atoms with Gasteiger partial charge in [0.2, 0.25) is 5.91 Å². The van der Waals surface area contributed by atoms with Gasteiger partial charge in [-0.1, -0.05) is 11.8 Å². The standard InChI is InChI=1S/C22H21FN6O2S2/c23-13-5-7-14(8-6-13)29-20(19-18(24)16-4-1-9-25-21(16)33-19)27-28-22(29)32-12-17(30)26-11-15-3-2-10-31-15/h1,4-9,15H,2-3,10-12,24H2,(H,26,30)/t15-/m0/s1. The molecule has 0 bridgehead atoms. The second kappa shape index (κ2) is 9.46. The van der Waals surface area contributed by atoms with E-state index in [1.165, 1.54) is 35.2 Å². The van der Waals surface area contributed by atoms with Gasteiger partial charge in [-0.15, -0.1) is 21.5 Å². The number of aromatic nitrogens is 4. The van der Waals surface area contributed by atoms with E-state index in [0.29, 0.717) is 28.9 Å². The van der Waals surface area contributed by atoms with Crippen molar-refractivity contribution in [3.63, 3.8) is 0 Å². The molecule has 3 aromatic heterocycles. The zero-order valence-corrected chi connectivity index (χ0v) is 19.2. The van der Waals surface area contributed by atoms with Gasteiger partial charge in [0.15, 0.2) is 11.0 Å². The molecule has 1 aliphatic rings. The zero-order chi connectivity index (χ0) is 22.8. The number of benzene rings is 1. The second-order valence-corrected chi connectivity index (χ2v) is 9.49. The molecule has 33 heavy (non-hydrogen) atoms. The Hall–Kier alpha value is -3.02. The van der Waals surface area contributed by atoms with Crippen LogP contribution >= 0.6 is 23.1 Å². The molecule has 3 N–H and O–H groups in total. The Morgan fingerprint density at radius 1 is 1.30 bits per heavy atom. The Bertz CT molecular complexity index is 1280. The van der Waals surface area contributed by atoms with Gasteiger partial charge in [-0.05, 0) is 49.2 Å². The summed E-state index contributed by atoms with van der Waals surface area (Å²) in [5.41, 5.74) is 7.65. The highest BCUT2D eigenvalue weighted by atomic mass is 32.2. The number of rotatable bonds is 7. The third kappa shape index (κ3) is 4.56. The summed E-state index contributed by atoms with van der Waals surface area (Å²) in [6.45, 7) is 1.25. The number of hydrogen-bond acceptors (Lipinski definition) is 8. The highest BCUT2D eigenvalue weighted by Gasteiger charge is 2.23. The summed E-state index contributed by atoms with van der Waals surface area (Å²) in [5.74, 6) is 0.220. The Labute approximate surface area is 197 Å². The van der Waals surface area contributed by atoms with Gasteiger partial charge in [0.25, 0.3) is 0 Å². The Morgan fingerprint density at radius 2 is 2.15 bits per heavy atom. The van der Waals surface area contributed by atoms with Crippen molar-refractivity contribution >= 4 is 44.9 Å². The van der Waals surface area contributed by atoms with Crippen LogP contribution in [0.4, 0.5) is 10.1 Å². The van der Waals surface area contributed by atoms with Crippen LogP contribution in [0.2, 0.25) is 0 Å². The lowest BCUT2D eigenvalue weighted by Gasteiger charge is -2.12. The first-order valence-electron chi connectivity index (χ1n) is 10.5. The molecule has 4 heterocycles. The van der Waals surface area contributed by atoms with Crippen LogP contribution in [0.15, 0.2) is 47.8 Å². The van der Waals surface area contributed by atoms with Gasteiger partial charge in [0.05, 0.1) is 22.4 Å². The van der Waals surface area contributed by atoms with Crippen LogP contribution in [0.3, 0.4) is 0 Å². The molecule has 1 aromatic carbocycles. The average molecular weight is 485 g/mol. The number of nitrogen functional groups attached to an aromatic ring is 1. The number of nitrogens with zero attached hydrogens (tertiary/aromatic N) is 4. The molecule has 1 aliphatic heterocycles. The molecule has 11 heteroatoms. The maximum atomic E-state index is 13.6. The highest BCUT2D eigenvalue weighted by molar-refractivity contribution is 7.99. The molecule has 5 rings (SSSR count). The van der Waals surface area contributed by atoms with Crippen LogP contribution in [0.1, 0.15) is 12.8 Å². The Kier molecular flexibility index (Phi) is 6.25. The fraction of sp³-hybridized carbons (Fsp3) is 0.273. The smallest absolute Gasteiger partial charge is 0.230 e. The lowest BCUT2D eigenvalue weighted by atomic mass is 10.2. The normalized spacial score (nSPS) is 15.8. The van der Waals surface area contributed by atoms with E-state index in [4.69, 9.17) is 10.5 Å². The Balaban J connectivity index is 1.44. The van der Waals surface area contributed by atoms with E-state index in [9.17, 15) is 9.18 Å². The quantitative estimate of drug-likeness (QED) is 0.386. The van der Waals surface area contributed by atoms with Crippen molar-refractivity contribution in [1.82, 2.24) is 25.1 Å². The van der Waals surface area contributed by atoms with Gasteiger partial charge >= 0.3 is 0 Å². The monoisotopic (exact) mass is 484 g/mol. The van der Waals surface area contributed by atoms with E-state index < -0.39 is 0 Å². The van der Waals surface area contributed by atoms with Crippen LogP contribution in [0, 0.1) is 5.82 Å². The molecule has 0 saturated carbocycles. The number of fused-ring (bicyclic) bond motifs is 1. The van der Waals surface area contributed by atoms with Crippen LogP contribution in [-0.4, -0.2) is 50.7 Å². The first kappa shape index (κ1) is 21.8. The largest absolute Gasteiger partial charge is 0.397 e. The highest BCUT2D eigenvalue weighted by Crippen LogP contribution is 2.40. The maximum Gasteiger partial charge on any atom is 0.230 e. The molecular weight excluding hydrogens is 463 g/mol. The minimum absolute atomic E-state index is 0.0815. The summed E-state index contributed by atoms with van der Waals surface area (Å²) in [6.07, 6.45) is 3.78. The second-order valence-electron chi connectivity index (χ2n) is 7.55. The van der Waals surface area contributed by atoms with E-state index in [2.05, 4.69) is 20.5 Å². The fourth-order valence-electron chi connectivity index (χ4n) is 3.66. The molecule has 1 atom stereocenters. The van der Waals surface area contributed by atoms with Crippen molar-refractivity contribution in [2.24, 2.45) is 0 Å². The number of carbonyl (C=O) groups excluding carboxylic acids is 1. The predicted octanol–water partition coefficient (Wildman–Crippen LogP) is 3.65. The number of nitrogens with two attached hydrogens (primary N) is 1. The number of hydrogen-bond donors (Lipinski definition) is 2. The van der Waals surface area contributed by atoms with Gasteiger partial charge in [-0.3, -0.25) is 9.36 Å². The molecule has 0 aliphatic carbocycles. The number of anilines is 1. The molecular formula is C22H21FN6O2S2. The lowest BCUT2D eigenvalue weighted by molar-refractivity contribution is -0.119. The first-order valence-corrected chi connectivity index (χ1v) is 12.3. The fourth-order valence-corrected chi connectivity index (χ4v) is 5.48. The number of carbonyl (C=O) groups is 1. The molecule has 1 amide bonds. The number of amides is 1. The van der Waals surface area contributed by atoms with E-state index in [1.807, 2.05) is 12.1 Å². The van der Waals surface area contributed by atoms with Gasteiger partial charge in [-0.25, -0.2) is 9.37 Å². The van der Waals surface area contributed by atoms with E-state index in [1.54, 1.807) is 22.9 Å². The summed E-state index contributed by atoms with van der Waals surface area (Å²) >= 11 is 2.67. The van der Waals surface area contributed by atoms with E-state index in [-0.39, 0.29) is 23.6 Å². The molecule has 0 unspecified atom stereocenters. The molecule has 170 valence electrons. The summed E-state index contributed by atoms with van der Waals surface area (Å²) in [4.78, 5) is 18.3. The Morgan fingerprint density at radius 3 is 2.91 bits per heavy atom. The van der Waals surface area contributed by atoms with Crippen molar-refractivity contribution in [3.8, 4) is 16.4 Å².